The van der Waals surface area contributed by atoms with Crippen LogP contribution in [0.1, 0.15) is 10.4 Å². The Morgan fingerprint density at radius 3 is 2.71 bits per heavy atom. The Labute approximate surface area is 146 Å². The fraction of sp³-hybridized carbons (Fsp3) is 0.125. The number of nitrogen functional groups attached to an aromatic ring is 1. The number of esters is 1. The summed E-state index contributed by atoms with van der Waals surface area (Å²) in [6.45, 7) is -0.286. The van der Waals surface area contributed by atoms with Crippen molar-refractivity contribution < 1.29 is 14.3 Å². The third kappa shape index (κ3) is 3.90. The van der Waals surface area contributed by atoms with Crippen molar-refractivity contribution in [3.8, 4) is 0 Å². The highest BCUT2D eigenvalue weighted by Crippen LogP contribution is 2.23. The maximum Gasteiger partial charge on any atom is 0.316 e. The molecule has 1 heterocycles. The molecule has 0 aliphatic heterocycles. The lowest BCUT2D eigenvalue weighted by Crippen LogP contribution is -2.15. The zero-order chi connectivity index (χ0) is 16.9. The van der Waals surface area contributed by atoms with E-state index < -0.39 is 5.97 Å². The first kappa shape index (κ1) is 16.4. The maximum atomic E-state index is 12.3. The summed E-state index contributed by atoms with van der Waals surface area (Å²) >= 11 is 2.37. The van der Waals surface area contributed by atoms with Crippen LogP contribution in [0.3, 0.4) is 0 Å². The first-order valence-corrected chi connectivity index (χ1v) is 8.82. The quantitative estimate of drug-likeness (QED) is 0.411. The molecular weight excluding hydrogens is 346 g/mol. The van der Waals surface area contributed by atoms with E-state index in [0.717, 1.165) is 10.8 Å². The van der Waals surface area contributed by atoms with Gasteiger partial charge in [-0.15, -0.1) is 10.2 Å². The molecule has 2 aromatic carbocycles. The summed E-state index contributed by atoms with van der Waals surface area (Å²) in [5.41, 5.74) is 6.01. The van der Waals surface area contributed by atoms with Crippen molar-refractivity contribution in [1.82, 2.24) is 10.2 Å². The van der Waals surface area contributed by atoms with E-state index in [0.29, 0.717) is 15.0 Å². The summed E-state index contributed by atoms with van der Waals surface area (Å²) in [5, 5.41) is 9.62. The van der Waals surface area contributed by atoms with Crippen LogP contribution >= 0.6 is 23.1 Å². The van der Waals surface area contributed by atoms with Crippen molar-refractivity contribution in [2.75, 3.05) is 18.1 Å². The predicted octanol–water partition coefficient (Wildman–Crippen LogP) is 2.79. The molecule has 0 spiro atoms. The van der Waals surface area contributed by atoms with Gasteiger partial charge in [0, 0.05) is 5.56 Å². The van der Waals surface area contributed by atoms with Gasteiger partial charge in [0.05, 0.1) is 5.75 Å². The number of rotatable bonds is 6. The van der Waals surface area contributed by atoms with Crippen LogP contribution in [0, 0.1) is 0 Å². The lowest BCUT2D eigenvalue weighted by Gasteiger charge is -2.06. The molecule has 8 heteroatoms. The molecule has 0 atom stereocenters. The van der Waals surface area contributed by atoms with Gasteiger partial charge in [-0.05, 0) is 10.8 Å². The van der Waals surface area contributed by atoms with Crippen LogP contribution in [0.2, 0.25) is 0 Å². The van der Waals surface area contributed by atoms with Gasteiger partial charge in [0.1, 0.15) is 0 Å². The molecule has 122 valence electrons. The van der Waals surface area contributed by atoms with E-state index in [9.17, 15) is 9.59 Å². The first-order valence-electron chi connectivity index (χ1n) is 7.02. The number of fused-ring (bicyclic) bond motifs is 1. The summed E-state index contributed by atoms with van der Waals surface area (Å²) in [6.07, 6.45) is 0. The van der Waals surface area contributed by atoms with E-state index in [1.807, 2.05) is 36.4 Å². The number of ketones is 1. The van der Waals surface area contributed by atoms with Gasteiger partial charge in [0.15, 0.2) is 10.9 Å². The average molecular weight is 359 g/mol. The Balaban J connectivity index is 1.57. The van der Waals surface area contributed by atoms with Crippen LogP contribution in [-0.2, 0) is 9.53 Å². The lowest BCUT2D eigenvalue weighted by molar-refractivity contribution is -0.139. The largest absolute Gasteiger partial charge is 0.457 e. The smallest absolute Gasteiger partial charge is 0.316 e. The SMILES string of the molecule is Nc1nnc(SCC(=O)OCC(=O)c2cccc3ccccc23)s1. The van der Waals surface area contributed by atoms with Crippen molar-refractivity contribution in [2.45, 2.75) is 4.34 Å². The van der Waals surface area contributed by atoms with Gasteiger partial charge in [-0.2, -0.15) is 0 Å². The molecule has 0 saturated carbocycles. The van der Waals surface area contributed by atoms with Crippen molar-refractivity contribution >= 4 is 50.8 Å². The lowest BCUT2D eigenvalue weighted by atomic mass is 10.0. The number of hydrogen-bond acceptors (Lipinski definition) is 8. The van der Waals surface area contributed by atoms with Crippen LogP contribution in [0.15, 0.2) is 46.8 Å². The molecule has 2 N–H and O–H groups in total. The number of hydrogen-bond donors (Lipinski definition) is 1. The van der Waals surface area contributed by atoms with Crippen LogP contribution in [0.4, 0.5) is 5.13 Å². The van der Waals surface area contributed by atoms with E-state index in [2.05, 4.69) is 10.2 Å². The molecule has 0 bridgehead atoms. The Kier molecular flexibility index (Phi) is 5.07. The second kappa shape index (κ2) is 7.41. The molecule has 3 aromatic rings. The Morgan fingerprint density at radius 1 is 1.12 bits per heavy atom. The Morgan fingerprint density at radius 2 is 1.92 bits per heavy atom. The maximum absolute atomic E-state index is 12.3. The van der Waals surface area contributed by atoms with Crippen molar-refractivity contribution in [1.29, 1.82) is 0 Å². The number of anilines is 1. The first-order chi connectivity index (χ1) is 11.6. The molecule has 0 saturated heterocycles. The molecule has 1 aromatic heterocycles. The Hall–Kier alpha value is -2.45. The van der Waals surface area contributed by atoms with Crippen molar-refractivity contribution in [2.24, 2.45) is 0 Å². The van der Waals surface area contributed by atoms with Gasteiger partial charge in [-0.1, -0.05) is 65.6 Å². The minimum absolute atomic E-state index is 0.0530. The highest BCUT2D eigenvalue weighted by Gasteiger charge is 2.13. The molecule has 0 aliphatic carbocycles. The fourth-order valence-corrected chi connectivity index (χ4v) is 3.57. The number of nitrogens with zero attached hydrogens (tertiary/aromatic N) is 2. The monoisotopic (exact) mass is 359 g/mol. The highest BCUT2D eigenvalue weighted by molar-refractivity contribution is 8.01. The molecule has 0 aliphatic rings. The summed E-state index contributed by atoms with van der Waals surface area (Å²) in [6, 6.07) is 13.1. The molecule has 3 rings (SSSR count). The molecule has 6 nitrogen and oxygen atoms in total. The summed E-state index contributed by atoms with van der Waals surface area (Å²) in [4.78, 5) is 24.1. The number of Topliss-reactive ketones (excluding diaryl/α,β-unsaturated/α-hetero) is 1. The number of ether oxygens (including phenoxy) is 1. The standard InChI is InChI=1S/C16H13N3O3S2/c17-15-18-19-16(24-15)23-9-14(21)22-8-13(20)12-7-3-5-10-4-1-2-6-11(10)12/h1-7H,8-9H2,(H2,17,18). The van der Waals surface area contributed by atoms with Crippen LogP contribution in [0.5, 0.6) is 0 Å². The number of carbonyl (C=O) groups excluding carboxylic acids is 2. The minimum Gasteiger partial charge on any atom is -0.457 e. The van der Waals surface area contributed by atoms with Gasteiger partial charge in [-0.25, -0.2) is 0 Å². The number of nitrogens with two attached hydrogens (primary N) is 1. The zero-order valence-corrected chi connectivity index (χ0v) is 14.1. The third-order valence-corrected chi connectivity index (χ3v) is 5.05. The van der Waals surface area contributed by atoms with Gasteiger partial charge < -0.3 is 10.5 Å². The van der Waals surface area contributed by atoms with Gasteiger partial charge in [0.25, 0.3) is 0 Å². The van der Waals surface area contributed by atoms with E-state index in [4.69, 9.17) is 10.5 Å². The second-order valence-electron chi connectivity index (χ2n) is 4.81. The molecule has 0 unspecified atom stereocenters. The van der Waals surface area contributed by atoms with Gasteiger partial charge in [-0.3, -0.25) is 9.59 Å². The fourth-order valence-electron chi connectivity index (χ4n) is 2.13. The molecular formula is C16H13N3O3S2. The van der Waals surface area contributed by atoms with E-state index >= 15 is 0 Å². The molecule has 0 fully saturated rings. The van der Waals surface area contributed by atoms with E-state index in [-0.39, 0.29) is 18.1 Å². The normalized spacial score (nSPS) is 10.7. The van der Waals surface area contributed by atoms with E-state index in [1.54, 1.807) is 6.07 Å². The van der Waals surface area contributed by atoms with Crippen molar-refractivity contribution in [3.63, 3.8) is 0 Å². The minimum atomic E-state index is -0.484. The number of thioether (sulfide) groups is 1. The average Bonchev–Trinajstić information content (AvgIpc) is 3.02. The number of carbonyl (C=O) groups is 2. The third-order valence-electron chi connectivity index (χ3n) is 3.19. The van der Waals surface area contributed by atoms with Gasteiger partial charge in [0.2, 0.25) is 10.9 Å². The zero-order valence-electron chi connectivity index (χ0n) is 12.5. The summed E-state index contributed by atoms with van der Waals surface area (Å²) in [7, 11) is 0. The topological polar surface area (TPSA) is 95.2 Å². The summed E-state index contributed by atoms with van der Waals surface area (Å²) < 4.78 is 5.64. The predicted molar refractivity (Wildman–Crippen MR) is 94.3 cm³/mol. The number of benzene rings is 2. The highest BCUT2D eigenvalue weighted by atomic mass is 32.2. The molecule has 24 heavy (non-hydrogen) atoms. The molecule has 0 amide bonds. The van der Waals surface area contributed by atoms with Crippen LogP contribution in [-0.4, -0.2) is 34.3 Å². The van der Waals surface area contributed by atoms with E-state index in [1.165, 1.54) is 23.1 Å². The molecule has 0 radical (unpaired) electrons. The summed E-state index contributed by atoms with van der Waals surface area (Å²) in [5.74, 6) is -0.662. The van der Waals surface area contributed by atoms with Crippen LogP contribution < -0.4 is 5.73 Å². The Bertz CT molecular complexity index is 890. The van der Waals surface area contributed by atoms with Crippen molar-refractivity contribution in [3.05, 3.63) is 48.0 Å². The second-order valence-corrected chi connectivity index (χ2v) is 7.04. The number of aromatic nitrogens is 2. The van der Waals surface area contributed by atoms with Gasteiger partial charge >= 0.3 is 5.97 Å². The van der Waals surface area contributed by atoms with Crippen LogP contribution in [0.25, 0.3) is 10.8 Å².